The van der Waals surface area contributed by atoms with E-state index in [0.717, 1.165) is 43.9 Å². The summed E-state index contributed by atoms with van der Waals surface area (Å²) in [5.41, 5.74) is 1.46. The molecule has 4 rings (SSSR count). The monoisotopic (exact) mass is 415 g/mol. The van der Waals surface area contributed by atoms with Crippen LogP contribution >= 0.6 is 0 Å². The molecule has 0 spiro atoms. The van der Waals surface area contributed by atoms with Gasteiger partial charge in [-0.1, -0.05) is 30.3 Å². The van der Waals surface area contributed by atoms with Crippen molar-refractivity contribution in [2.75, 3.05) is 50.0 Å². The third kappa shape index (κ3) is 4.64. The van der Waals surface area contributed by atoms with Crippen LogP contribution in [0.2, 0.25) is 0 Å². The van der Waals surface area contributed by atoms with Gasteiger partial charge in [0.25, 0.3) is 0 Å². The van der Waals surface area contributed by atoms with Crippen molar-refractivity contribution < 1.29 is 13.2 Å². The molecule has 158 valence electrons. The van der Waals surface area contributed by atoms with Gasteiger partial charge in [0.2, 0.25) is 0 Å². The summed E-state index contributed by atoms with van der Waals surface area (Å²) in [5, 5.41) is 3.16. The highest BCUT2D eigenvalue weighted by atomic mass is 19.4. The Balaban J connectivity index is 1.64. The smallest absolute Gasteiger partial charge is 0.383 e. The van der Waals surface area contributed by atoms with Crippen molar-refractivity contribution in [1.82, 2.24) is 14.9 Å². The molecule has 0 radical (unpaired) electrons. The number of likely N-dealkylation sites (N-methyl/N-ethyl adjacent to an activating group) is 1. The predicted octanol–water partition coefficient (Wildman–Crippen LogP) is 4.06. The average molecular weight is 415 g/mol. The van der Waals surface area contributed by atoms with Crippen LogP contribution in [0.3, 0.4) is 0 Å². The summed E-state index contributed by atoms with van der Waals surface area (Å²) in [5.74, 6) is 0.696. The van der Waals surface area contributed by atoms with E-state index in [4.69, 9.17) is 0 Å². The van der Waals surface area contributed by atoms with Crippen LogP contribution in [0.15, 0.2) is 48.7 Å². The number of anilines is 2. The second-order valence-electron chi connectivity index (χ2n) is 7.57. The SMILES string of the molecule is CN1CCN(c2cnc3cc(C(F)(F)F)cc(NCCc4ccccc4)c3n2)CC1. The molecule has 5 nitrogen and oxygen atoms in total. The molecule has 1 N–H and O–H groups in total. The van der Waals surface area contributed by atoms with Crippen LogP contribution in [0.4, 0.5) is 24.7 Å². The maximum atomic E-state index is 13.4. The molecular weight excluding hydrogens is 391 g/mol. The largest absolute Gasteiger partial charge is 0.416 e. The molecule has 30 heavy (non-hydrogen) atoms. The number of fused-ring (bicyclic) bond motifs is 1. The fourth-order valence-corrected chi connectivity index (χ4v) is 3.58. The Bertz CT molecular complexity index is 999. The van der Waals surface area contributed by atoms with Crippen molar-refractivity contribution in [3.63, 3.8) is 0 Å². The zero-order chi connectivity index (χ0) is 21.1. The van der Waals surface area contributed by atoms with Crippen molar-refractivity contribution in [1.29, 1.82) is 0 Å². The highest BCUT2D eigenvalue weighted by molar-refractivity contribution is 5.89. The molecule has 0 unspecified atom stereocenters. The molecule has 1 aliphatic heterocycles. The lowest BCUT2D eigenvalue weighted by atomic mass is 10.1. The number of rotatable bonds is 5. The molecule has 2 aromatic carbocycles. The van der Waals surface area contributed by atoms with Crippen LogP contribution in [0.1, 0.15) is 11.1 Å². The van der Waals surface area contributed by atoms with Crippen LogP contribution < -0.4 is 10.2 Å². The molecule has 1 fully saturated rings. The number of halogens is 3. The summed E-state index contributed by atoms with van der Waals surface area (Å²) in [4.78, 5) is 13.4. The van der Waals surface area contributed by atoms with Crippen LogP contribution in [0.25, 0.3) is 11.0 Å². The number of nitrogens with one attached hydrogen (secondary N) is 1. The normalized spacial score (nSPS) is 15.5. The van der Waals surface area contributed by atoms with Gasteiger partial charge in [0.1, 0.15) is 11.3 Å². The van der Waals surface area contributed by atoms with Gasteiger partial charge in [0, 0.05) is 32.7 Å². The first-order valence-corrected chi connectivity index (χ1v) is 9.99. The van der Waals surface area contributed by atoms with Gasteiger partial charge in [-0.15, -0.1) is 0 Å². The number of nitrogens with zero attached hydrogens (tertiary/aromatic N) is 4. The molecule has 1 aromatic heterocycles. The number of piperazine rings is 1. The third-order valence-corrected chi connectivity index (χ3v) is 5.36. The summed E-state index contributed by atoms with van der Waals surface area (Å²) in [6.45, 7) is 3.95. The van der Waals surface area contributed by atoms with Crippen molar-refractivity contribution in [2.45, 2.75) is 12.6 Å². The highest BCUT2D eigenvalue weighted by Gasteiger charge is 2.32. The van der Waals surface area contributed by atoms with Gasteiger partial charge in [0.05, 0.1) is 23.0 Å². The predicted molar refractivity (Wildman–Crippen MR) is 113 cm³/mol. The minimum atomic E-state index is -4.44. The van der Waals surface area contributed by atoms with Crippen molar-refractivity contribution in [3.8, 4) is 0 Å². The molecule has 0 amide bonds. The maximum Gasteiger partial charge on any atom is 0.416 e. The van der Waals surface area contributed by atoms with E-state index in [-0.39, 0.29) is 5.52 Å². The molecule has 2 heterocycles. The van der Waals surface area contributed by atoms with E-state index in [1.54, 1.807) is 6.20 Å². The van der Waals surface area contributed by atoms with Gasteiger partial charge < -0.3 is 15.1 Å². The summed E-state index contributed by atoms with van der Waals surface area (Å²) in [6.07, 6.45) is -2.17. The van der Waals surface area contributed by atoms with Gasteiger partial charge in [-0.25, -0.2) is 4.98 Å². The Morgan fingerprint density at radius 3 is 2.47 bits per heavy atom. The van der Waals surface area contributed by atoms with Crippen LogP contribution in [-0.2, 0) is 12.6 Å². The van der Waals surface area contributed by atoms with Gasteiger partial charge in [-0.3, -0.25) is 4.98 Å². The molecule has 0 atom stereocenters. The first kappa shape index (κ1) is 20.4. The number of alkyl halides is 3. The third-order valence-electron chi connectivity index (χ3n) is 5.36. The van der Waals surface area contributed by atoms with E-state index in [1.165, 1.54) is 0 Å². The lowest BCUT2D eigenvalue weighted by Crippen LogP contribution is -2.44. The Morgan fingerprint density at radius 1 is 1.03 bits per heavy atom. The molecule has 0 saturated carbocycles. The summed E-state index contributed by atoms with van der Waals surface area (Å²) in [6, 6.07) is 12.0. The van der Waals surface area contributed by atoms with Gasteiger partial charge in [-0.2, -0.15) is 13.2 Å². The van der Waals surface area contributed by atoms with E-state index in [9.17, 15) is 13.2 Å². The molecule has 0 bridgehead atoms. The van der Waals surface area contributed by atoms with Crippen molar-refractivity contribution >= 4 is 22.5 Å². The standard InChI is InChI=1S/C22H24F3N5/c1-29-9-11-30(12-10-29)20-15-27-19-14-17(22(23,24)25)13-18(21(19)28-20)26-8-7-16-5-3-2-4-6-16/h2-6,13-15,26H,7-12H2,1H3. The number of aromatic nitrogens is 2. The van der Waals surface area contributed by atoms with E-state index in [0.29, 0.717) is 30.0 Å². The zero-order valence-electron chi connectivity index (χ0n) is 16.8. The van der Waals surface area contributed by atoms with Gasteiger partial charge in [0.15, 0.2) is 0 Å². The Hall–Kier alpha value is -2.87. The number of hydrogen-bond acceptors (Lipinski definition) is 5. The molecule has 0 aliphatic carbocycles. The second-order valence-corrected chi connectivity index (χ2v) is 7.57. The van der Waals surface area contributed by atoms with Crippen LogP contribution in [-0.4, -0.2) is 54.6 Å². The summed E-state index contributed by atoms with van der Waals surface area (Å²) < 4.78 is 40.2. The van der Waals surface area contributed by atoms with Crippen molar-refractivity contribution in [2.24, 2.45) is 0 Å². The molecule has 3 aromatic rings. The molecule has 1 aliphatic rings. The van der Waals surface area contributed by atoms with E-state index in [2.05, 4.69) is 32.1 Å². The minimum absolute atomic E-state index is 0.241. The first-order chi connectivity index (χ1) is 14.4. The van der Waals surface area contributed by atoms with Crippen LogP contribution in [0, 0.1) is 0 Å². The minimum Gasteiger partial charge on any atom is -0.383 e. The quantitative estimate of drug-likeness (QED) is 0.681. The second kappa shape index (κ2) is 8.47. The van der Waals surface area contributed by atoms with E-state index >= 15 is 0 Å². The molecule has 8 heteroatoms. The fraction of sp³-hybridized carbons (Fsp3) is 0.364. The van der Waals surface area contributed by atoms with Gasteiger partial charge >= 0.3 is 6.18 Å². The van der Waals surface area contributed by atoms with Gasteiger partial charge in [-0.05, 0) is 31.2 Å². The van der Waals surface area contributed by atoms with Crippen LogP contribution in [0.5, 0.6) is 0 Å². The Morgan fingerprint density at radius 2 is 1.77 bits per heavy atom. The highest BCUT2D eigenvalue weighted by Crippen LogP contribution is 2.35. The lowest BCUT2D eigenvalue weighted by molar-refractivity contribution is -0.137. The molecular formula is C22H24F3N5. The summed E-state index contributed by atoms with van der Waals surface area (Å²) >= 11 is 0. The Labute approximate surface area is 173 Å². The van der Waals surface area contributed by atoms with Crippen molar-refractivity contribution in [3.05, 3.63) is 59.8 Å². The topological polar surface area (TPSA) is 44.3 Å². The maximum absolute atomic E-state index is 13.4. The summed E-state index contributed by atoms with van der Waals surface area (Å²) in [7, 11) is 2.07. The lowest BCUT2D eigenvalue weighted by Gasteiger charge is -2.33. The van der Waals surface area contributed by atoms with E-state index in [1.807, 2.05) is 30.3 Å². The average Bonchev–Trinajstić information content (AvgIpc) is 2.74. The van der Waals surface area contributed by atoms with E-state index < -0.39 is 11.7 Å². The first-order valence-electron chi connectivity index (χ1n) is 9.99. The molecule has 1 saturated heterocycles. The Kier molecular flexibility index (Phi) is 5.76. The number of benzene rings is 2. The number of hydrogen-bond donors (Lipinski definition) is 1. The zero-order valence-corrected chi connectivity index (χ0v) is 16.8. The fourth-order valence-electron chi connectivity index (χ4n) is 3.58.